The maximum atomic E-state index is 11.2. The average molecular weight is 218 g/mol. The summed E-state index contributed by atoms with van der Waals surface area (Å²) in [6.07, 6.45) is 8.38. The van der Waals surface area contributed by atoms with Crippen LogP contribution in [0.5, 0.6) is 0 Å². The van der Waals surface area contributed by atoms with Gasteiger partial charge >= 0.3 is 5.37 Å². The molecule has 0 aromatic heterocycles. The molecule has 2 nitrogen and oxygen atoms in total. The van der Waals surface area contributed by atoms with Gasteiger partial charge in [0.15, 0.2) is 0 Å². The molecule has 1 saturated carbocycles. The summed E-state index contributed by atoms with van der Waals surface area (Å²) < 4.78 is 0. The summed E-state index contributed by atoms with van der Waals surface area (Å²) in [6, 6.07) is 0.405. The number of carbonyl (C=O) groups excluding carboxylic acids is 1. The first-order valence-electron chi connectivity index (χ1n) is 5.71. The molecular weight excluding hydrogens is 198 g/mol. The zero-order valence-corrected chi connectivity index (χ0v) is 9.72. The van der Waals surface area contributed by atoms with Crippen molar-refractivity contribution in [2.45, 2.75) is 57.9 Å². The van der Waals surface area contributed by atoms with E-state index in [4.69, 9.17) is 11.6 Å². The SMILES string of the molecule is CCCN(C(=O)Cl)C1CCCCCC1. The third kappa shape index (κ3) is 3.49. The normalized spacial score (nSPS) is 19.0. The summed E-state index contributed by atoms with van der Waals surface area (Å²) in [4.78, 5) is 13.1. The summed E-state index contributed by atoms with van der Waals surface area (Å²) in [5.41, 5.74) is 0. The molecule has 1 fully saturated rings. The summed E-state index contributed by atoms with van der Waals surface area (Å²) >= 11 is 5.60. The molecule has 1 rings (SSSR count). The summed E-state index contributed by atoms with van der Waals surface area (Å²) in [5.74, 6) is 0. The van der Waals surface area contributed by atoms with E-state index in [1.54, 1.807) is 0 Å². The number of carbonyl (C=O) groups is 1. The van der Waals surface area contributed by atoms with Gasteiger partial charge in [-0.2, -0.15) is 0 Å². The molecule has 0 aromatic carbocycles. The van der Waals surface area contributed by atoms with Gasteiger partial charge in [-0.15, -0.1) is 0 Å². The van der Waals surface area contributed by atoms with E-state index in [0.717, 1.165) is 25.8 Å². The van der Waals surface area contributed by atoms with Gasteiger partial charge in [0.1, 0.15) is 0 Å². The lowest BCUT2D eigenvalue weighted by Gasteiger charge is -2.28. The highest BCUT2D eigenvalue weighted by Gasteiger charge is 2.22. The lowest BCUT2D eigenvalue weighted by atomic mass is 10.1. The van der Waals surface area contributed by atoms with E-state index < -0.39 is 0 Å². The van der Waals surface area contributed by atoms with Crippen LogP contribution in [0.15, 0.2) is 0 Å². The molecule has 0 aliphatic heterocycles. The van der Waals surface area contributed by atoms with Crippen LogP contribution in [0, 0.1) is 0 Å². The second-order valence-corrected chi connectivity index (χ2v) is 4.42. The first-order chi connectivity index (χ1) is 6.75. The molecular formula is C11H20ClNO. The Morgan fingerprint density at radius 1 is 1.29 bits per heavy atom. The maximum absolute atomic E-state index is 11.2. The highest BCUT2D eigenvalue weighted by Crippen LogP contribution is 2.23. The van der Waals surface area contributed by atoms with Crippen molar-refractivity contribution in [2.24, 2.45) is 0 Å². The molecule has 0 N–H and O–H groups in total. The van der Waals surface area contributed by atoms with Crippen molar-refractivity contribution in [3.63, 3.8) is 0 Å². The fraction of sp³-hybridized carbons (Fsp3) is 0.909. The minimum Gasteiger partial charge on any atom is -0.326 e. The Morgan fingerprint density at radius 2 is 1.86 bits per heavy atom. The van der Waals surface area contributed by atoms with Crippen LogP contribution >= 0.6 is 11.6 Å². The van der Waals surface area contributed by atoms with E-state index in [1.165, 1.54) is 25.7 Å². The number of nitrogens with zero attached hydrogens (tertiary/aromatic N) is 1. The van der Waals surface area contributed by atoms with Gasteiger partial charge in [0.05, 0.1) is 0 Å². The zero-order valence-electron chi connectivity index (χ0n) is 8.97. The molecule has 14 heavy (non-hydrogen) atoms. The van der Waals surface area contributed by atoms with Crippen molar-refractivity contribution in [3.05, 3.63) is 0 Å². The number of halogens is 1. The van der Waals surface area contributed by atoms with Crippen molar-refractivity contribution in [3.8, 4) is 0 Å². The predicted octanol–water partition coefficient (Wildman–Crippen LogP) is 3.78. The van der Waals surface area contributed by atoms with Gasteiger partial charge < -0.3 is 4.90 Å². The van der Waals surface area contributed by atoms with Crippen LogP contribution in [0.3, 0.4) is 0 Å². The van der Waals surface area contributed by atoms with Crippen molar-refractivity contribution in [1.82, 2.24) is 4.90 Å². The molecule has 1 amide bonds. The Hall–Kier alpha value is -0.240. The molecule has 0 aromatic rings. The van der Waals surface area contributed by atoms with Crippen LogP contribution in [0.1, 0.15) is 51.9 Å². The second-order valence-electron chi connectivity index (χ2n) is 4.09. The van der Waals surface area contributed by atoms with Gasteiger partial charge in [-0.05, 0) is 30.9 Å². The van der Waals surface area contributed by atoms with Gasteiger partial charge in [0, 0.05) is 12.6 Å². The monoisotopic (exact) mass is 217 g/mol. The van der Waals surface area contributed by atoms with Crippen LogP contribution in [0.25, 0.3) is 0 Å². The van der Waals surface area contributed by atoms with E-state index in [9.17, 15) is 4.79 Å². The minimum atomic E-state index is -0.265. The van der Waals surface area contributed by atoms with E-state index >= 15 is 0 Å². The zero-order chi connectivity index (χ0) is 10.4. The molecule has 0 bridgehead atoms. The highest BCUT2D eigenvalue weighted by atomic mass is 35.5. The topological polar surface area (TPSA) is 20.3 Å². The largest absolute Gasteiger partial charge is 0.326 e. The van der Waals surface area contributed by atoms with Crippen LogP contribution in [0.4, 0.5) is 4.79 Å². The molecule has 1 aliphatic rings. The second kappa shape index (κ2) is 6.28. The van der Waals surface area contributed by atoms with Crippen LogP contribution in [0.2, 0.25) is 0 Å². The molecule has 0 saturated heterocycles. The van der Waals surface area contributed by atoms with E-state index in [-0.39, 0.29) is 5.37 Å². The number of amides is 1. The third-order valence-electron chi connectivity index (χ3n) is 2.96. The molecule has 0 heterocycles. The Balaban J connectivity index is 2.51. The van der Waals surface area contributed by atoms with Crippen molar-refractivity contribution < 1.29 is 4.79 Å². The highest BCUT2D eigenvalue weighted by molar-refractivity contribution is 6.62. The van der Waals surface area contributed by atoms with Gasteiger partial charge in [0.25, 0.3) is 0 Å². The third-order valence-corrected chi connectivity index (χ3v) is 3.17. The summed E-state index contributed by atoms with van der Waals surface area (Å²) in [6.45, 7) is 2.90. The quantitative estimate of drug-likeness (QED) is 0.400. The van der Waals surface area contributed by atoms with Gasteiger partial charge in [-0.25, -0.2) is 0 Å². The standard InChI is InChI=1S/C11H20ClNO/c1-2-9-13(11(12)14)10-7-5-3-4-6-8-10/h10H,2-9H2,1H3. The molecule has 3 heteroatoms. The van der Waals surface area contributed by atoms with Crippen LogP contribution in [-0.4, -0.2) is 22.9 Å². The lowest BCUT2D eigenvalue weighted by molar-refractivity contribution is 0.189. The van der Waals surface area contributed by atoms with E-state index in [1.807, 2.05) is 4.90 Å². The lowest BCUT2D eigenvalue weighted by Crippen LogP contribution is -2.37. The first kappa shape index (κ1) is 11.8. The fourth-order valence-electron chi connectivity index (χ4n) is 2.22. The summed E-state index contributed by atoms with van der Waals surface area (Å²) in [7, 11) is 0. The minimum absolute atomic E-state index is 0.265. The number of hydrogen-bond acceptors (Lipinski definition) is 1. The molecule has 82 valence electrons. The van der Waals surface area contributed by atoms with Crippen LogP contribution in [-0.2, 0) is 0 Å². The molecule has 0 spiro atoms. The molecule has 0 radical (unpaired) electrons. The molecule has 1 aliphatic carbocycles. The Bertz CT molecular complexity index is 176. The van der Waals surface area contributed by atoms with E-state index in [2.05, 4.69) is 6.92 Å². The number of rotatable bonds is 3. The Morgan fingerprint density at radius 3 is 2.29 bits per heavy atom. The predicted molar refractivity (Wildman–Crippen MR) is 59.7 cm³/mol. The van der Waals surface area contributed by atoms with Gasteiger partial charge in [-0.3, -0.25) is 4.79 Å². The van der Waals surface area contributed by atoms with Crippen LogP contribution < -0.4 is 0 Å². The Kier molecular flexibility index (Phi) is 5.31. The van der Waals surface area contributed by atoms with Crippen molar-refractivity contribution in [1.29, 1.82) is 0 Å². The van der Waals surface area contributed by atoms with Crippen molar-refractivity contribution in [2.75, 3.05) is 6.54 Å². The van der Waals surface area contributed by atoms with E-state index in [0.29, 0.717) is 6.04 Å². The molecule has 0 atom stereocenters. The fourth-order valence-corrected chi connectivity index (χ4v) is 2.45. The van der Waals surface area contributed by atoms with Gasteiger partial charge in [-0.1, -0.05) is 32.6 Å². The Labute approximate surface area is 91.6 Å². The van der Waals surface area contributed by atoms with Crippen molar-refractivity contribution >= 4 is 17.0 Å². The maximum Gasteiger partial charge on any atom is 0.316 e. The smallest absolute Gasteiger partial charge is 0.316 e. The average Bonchev–Trinajstić information content (AvgIpc) is 2.41. The first-order valence-corrected chi connectivity index (χ1v) is 6.09. The number of hydrogen-bond donors (Lipinski definition) is 0. The molecule has 0 unspecified atom stereocenters. The summed E-state index contributed by atoms with van der Waals surface area (Å²) in [5, 5.41) is -0.265. The van der Waals surface area contributed by atoms with Gasteiger partial charge in [0.2, 0.25) is 0 Å².